The van der Waals surface area contributed by atoms with Crippen LogP contribution in [0.4, 0.5) is 32.7 Å². The number of anilines is 1. The molecule has 0 saturated carbocycles. The Morgan fingerprint density at radius 1 is 1.18 bits per heavy atom. The van der Waals surface area contributed by atoms with E-state index in [4.69, 9.17) is 14.9 Å². The van der Waals surface area contributed by atoms with Gasteiger partial charge in [-0.2, -0.15) is 18.4 Å². The molecule has 0 bridgehead atoms. The molecule has 0 spiro atoms. The second kappa shape index (κ2) is 10.6. The van der Waals surface area contributed by atoms with Crippen LogP contribution in [-0.2, 0) is 6.18 Å². The first-order valence-corrected chi connectivity index (χ1v) is 11.2. The maximum atomic E-state index is 14.9. The van der Waals surface area contributed by atoms with Crippen molar-refractivity contribution < 1.29 is 45.8 Å². The molecular weight excluding hydrogens is 605 g/mol. The molecule has 1 unspecified atom stereocenters. The zero-order chi connectivity index (χ0) is 28.5. The average molecular weight is 618 g/mol. The normalized spacial score (nSPS) is 12.3. The fourth-order valence-corrected chi connectivity index (χ4v) is 3.78. The molecule has 4 N–H and O–H groups in total. The molecule has 4 aromatic rings. The Kier molecular flexibility index (Phi) is 7.48. The summed E-state index contributed by atoms with van der Waals surface area (Å²) in [5.74, 6) is -5.75. The number of carbonyl (C=O) groups excluding carboxylic acids is 1. The SMILES string of the molecule is NC(=O)c1c(F)ccc(OC(CN(C(=O)O)c2nn[nH]n2)c2nc(-c3ccc(C(F)(F)F)cc3)c(Br)o2)c1F. The molecule has 2 aromatic carbocycles. The van der Waals surface area contributed by atoms with Crippen molar-refractivity contribution in [1.29, 1.82) is 0 Å². The van der Waals surface area contributed by atoms with Crippen LogP contribution in [0.25, 0.3) is 11.3 Å². The Labute approximate surface area is 221 Å². The number of tetrazole rings is 1. The van der Waals surface area contributed by atoms with Crippen molar-refractivity contribution >= 4 is 33.9 Å². The predicted molar refractivity (Wildman–Crippen MR) is 122 cm³/mol. The van der Waals surface area contributed by atoms with Gasteiger partial charge in [-0.05, 0) is 45.4 Å². The average Bonchev–Trinajstić information content (AvgIpc) is 3.52. The number of H-pyrrole nitrogens is 1. The largest absolute Gasteiger partial charge is 0.476 e. The molecule has 4 rings (SSSR count). The number of aromatic nitrogens is 5. The van der Waals surface area contributed by atoms with Crippen LogP contribution in [0.2, 0.25) is 0 Å². The molecule has 18 heteroatoms. The Morgan fingerprint density at radius 3 is 2.44 bits per heavy atom. The lowest BCUT2D eigenvalue weighted by molar-refractivity contribution is -0.137. The van der Waals surface area contributed by atoms with E-state index in [9.17, 15) is 36.6 Å². The number of alkyl halides is 3. The highest BCUT2D eigenvalue weighted by atomic mass is 79.9. The molecule has 2 heterocycles. The summed E-state index contributed by atoms with van der Waals surface area (Å²) in [5.41, 5.74) is 3.17. The standard InChI is InChI=1S/C21H13BrF5N7O5/c22-16-15(8-1-3-9(4-2-8)21(25,26)27)29-18(39-16)12(7-34(20(36)37)19-30-32-33-31-19)38-11-6-5-10(23)13(14(11)24)17(28)35/h1-6,12H,7H2,(H2,28,35)(H,36,37)(H,30,31,32,33). The summed E-state index contributed by atoms with van der Waals surface area (Å²) in [6.45, 7) is -0.711. The van der Waals surface area contributed by atoms with Gasteiger partial charge in [-0.25, -0.2) is 23.5 Å². The third kappa shape index (κ3) is 5.79. The lowest BCUT2D eigenvalue weighted by atomic mass is 10.1. The van der Waals surface area contributed by atoms with E-state index in [2.05, 4.69) is 41.5 Å². The summed E-state index contributed by atoms with van der Waals surface area (Å²) in [7, 11) is 0. The van der Waals surface area contributed by atoms with Gasteiger partial charge < -0.3 is 20.0 Å². The van der Waals surface area contributed by atoms with Gasteiger partial charge in [0.15, 0.2) is 22.3 Å². The number of carbonyl (C=O) groups is 2. The summed E-state index contributed by atoms with van der Waals surface area (Å²) in [5, 5.41) is 22.1. The minimum atomic E-state index is -4.58. The van der Waals surface area contributed by atoms with Crippen molar-refractivity contribution in [3.63, 3.8) is 0 Å². The molecule has 0 aliphatic rings. The van der Waals surface area contributed by atoms with Crippen LogP contribution in [0.5, 0.6) is 5.75 Å². The van der Waals surface area contributed by atoms with E-state index >= 15 is 0 Å². The predicted octanol–water partition coefficient (Wildman–Crippen LogP) is 4.32. The van der Waals surface area contributed by atoms with E-state index in [0.717, 1.165) is 30.3 Å². The smallest absolute Gasteiger partial charge is 0.416 e. The molecule has 0 fully saturated rings. The van der Waals surface area contributed by atoms with E-state index in [1.54, 1.807) is 0 Å². The minimum Gasteiger partial charge on any atom is -0.476 e. The monoisotopic (exact) mass is 617 g/mol. The van der Waals surface area contributed by atoms with Crippen molar-refractivity contribution in [3.8, 4) is 17.0 Å². The van der Waals surface area contributed by atoms with E-state index in [1.807, 2.05) is 0 Å². The second-order valence-electron chi connectivity index (χ2n) is 7.56. The van der Waals surface area contributed by atoms with Crippen LogP contribution >= 0.6 is 15.9 Å². The summed E-state index contributed by atoms with van der Waals surface area (Å²) >= 11 is 3.09. The Hall–Kier alpha value is -4.61. The number of amides is 2. The fraction of sp³-hybridized carbons (Fsp3) is 0.143. The molecule has 1 atom stereocenters. The van der Waals surface area contributed by atoms with Gasteiger partial charge in [0.25, 0.3) is 11.9 Å². The Balaban J connectivity index is 1.76. The van der Waals surface area contributed by atoms with Gasteiger partial charge in [-0.15, -0.1) is 5.10 Å². The number of benzene rings is 2. The number of rotatable bonds is 8. The van der Waals surface area contributed by atoms with Gasteiger partial charge in [0.2, 0.25) is 5.89 Å². The number of hydrogen-bond acceptors (Lipinski definition) is 8. The Morgan fingerprint density at radius 2 is 1.87 bits per heavy atom. The van der Waals surface area contributed by atoms with Gasteiger partial charge in [0.05, 0.1) is 12.1 Å². The number of nitrogens with one attached hydrogen (secondary N) is 1. The van der Waals surface area contributed by atoms with Gasteiger partial charge in [0, 0.05) is 5.56 Å². The number of oxazole rings is 1. The Bertz CT molecular complexity index is 1510. The van der Waals surface area contributed by atoms with Gasteiger partial charge in [-0.1, -0.05) is 17.2 Å². The molecule has 0 saturated heterocycles. The highest BCUT2D eigenvalue weighted by Crippen LogP contribution is 2.36. The minimum absolute atomic E-state index is 0.00818. The second-order valence-corrected chi connectivity index (χ2v) is 8.28. The molecular formula is C21H13BrF5N7O5. The van der Waals surface area contributed by atoms with Crippen LogP contribution in [0, 0.1) is 11.6 Å². The number of halogens is 6. The van der Waals surface area contributed by atoms with E-state index in [1.165, 1.54) is 0 Å². The summed E-state index contributed by atoms with van der Waals surface area (Å²) in [6.07, 6.45) is -7.79. The summed E-state index contributed by atoms with van der Waals surface area (Å²) in [6, 6.07) is 5.37. The maximum absolute atomic E-state index is 14.9. The zero-order valence-corrected chi connectivity index (χ0v) is 20.5. The van der Waals surface area contributed by atoms with Crippen molar-refractivity contribution in [1.82, 2.24) is 25.6 Å². The lowest BCUT2D eigenvalue weighted by Crippen LogP contribution is -2.36. The molecule has 204 valence electrons. The number of carboxylic acid groups (broad SMARTS) is 1. The quantitative estimate of drug-likeness (QED) is 0.243. The molecule has 0 aliphatic heterocycles. The molecule has 12 nitrogen and oxygen atoms in total. The van der Waals surface area contributed by atoms with E-state index in [-0.39, 0.29) is 15.9 Å². The van der Waals surface area contributed by atoms with Gasteiger partial charge in [-0.3, -0.25) is 4.79 Å². The maximum Gasteiger partial charge on any atom is 0.416 e. The van der Waals surface area contributed by atoms with E-state index < -0.39 is 71.2 Å². The van der Waals surface area contributed by atoms with Crippen molar-refractivity contribution in [2.45, 2.75) is 12.3 Å². The number of nitrogens with zero attached hydrogens (tertiary/aromatic N) is 5. The highest BCUT2D eigenvalue weighted by molar-refractivity contribution is 9.10. The van der Waals surface area contributed by atoms with E-state index in [0.29, 0.717) is 11.0 Å². The number of hydrogen-bond donors (Lipinski definition) is 3. The number of nitrogens with two attached hydrogens (primary N) is 1. The summed E-state index contributed by atoms with van der Waals surface area (Å²) in [4.78, 5) is 28.1. The first-order chi connectivity index (χ1) is 18.4. The lowest BCUT2D eigenvalue weighted by Gasteiger charge is -2.22. The third-order valence-corrected chi connectivity index (χ3v) is 5.63. The molecule has 39 heavy (non-hydrogen) atoms. The van der Waals surface area contributed by atoms with Crippen LogP contribution in [0.15, 0.2) is 45.5 Å². The number of aromatic amines is 1. The van der Waals surface area contributed by atoms with Crippen LogP contribution in [0.1, 0.15) is 27.9 Å². The van der Waals surface area contributed by atoms with Crippen LogP contribution in [-0.4, -0.2) is 49.3 Å². The zero-order valence-electron chi connectivity index (χ0n) is 18.9. The van der Waals surface area contributed by atoms with Crippen molar-refractivity contribution in [3.05, 3.63) is 69.7 Å². The van der Waals surface area contributed by atoms with Gasteiger partial charge >= 0.3 is 12.3 Å². The first-order valence-electron chi connectivity index (χ1n) is 10.4. The molecule has 2 aromatic heterocycles. The first kappa shape index (κ1) is 27.4. The molecule has 2 amide bonds. The summed E-state index contributed by atoms with van der Waals surface area (Å²) < 4.78 is 78.7. The number of ether oxygens (including phenoxy) is 1. The third-order valence-electron chi connectivity index (χ3n) is 5.09. The molecule has 0 radical (unpaired) electrons. The van der Waals surface area contributed by atoms with Crippen molar-refractivity contribution in [2.75, 3.05) is 11.4 Å². The topological polar surface area (TPSA) is 173 Å². The fourth-order valence-electron chi connectivity index (χ4n) is 3.30. The highest BCUT2D eigenvalue weighted by Gasteiger charge is 2.33. The number of primary amides is 1. The van der Waals surface area contributed by atoms with Gasteiger partial charge in [0.1, 0.15) is 17.1 Å². The van der Waals surface area contributed by atoms with Crippen molar-refractivity contribution in [2.24, 2.45) is 5.73 Å². The molecule has 0 aliphatic carbocycles. The van der Waals surface area contributed by atoms with Crippen LogP contribution in [0.3, 0.4) is 0 Å². The van der Waals surface area contributed by atoms with Crippen LogP contribution < -0.4 is 15.4 Å².